The molecule has 1 aliphatic rings. The van der Waals surface area contributed by atoms with Crippen LogP contribution in [-0.2, 0) is 19.6 Å². The Morgan fingerprint density at radius 2 is 1.74 bits per heavy atom. The van der Waals surface area contributed by atoms with Crippen LogP contribution in [0.4, 0.5) is 0 Å². The average molecular weight is 485 g/mol. The first-order chi connectivity index (χ1) is 16.4. The van der Waals surface area contributed by atoms with Gasteiger partial charge in [-0.25, -0.2) is 8.42 Å². The van der Waals surface area contributed by atoms with Crippen LogP contribution in [0.5, 0.6) is 11.5 Å². The Balaban J connectivity index is 1.24. The third-order valence-corrected chi connectivity index (χ3v) is 7.44. The molecule has 1 N–H and O–H groups in total. The normalized spacial score (nSPS) is 15.6. The smallest absolute Gasteiger partial charge is 0.260 e. The molecule has 4 rings (SSSR count). The summed E-state index contributed by atoms with van der Waals surface area (Å²) in [6, 6.07) is 19.9. The lowest BCUT2D eigenvalue weighted by atomic mass is 10.1. The van der Waals surface area contributed by atoms with Crippen LogP contribution in [0.15, 0.2) is 71.6 Å². The van der Waals surface area contributed by atoms with Gasteiger partial charge >= 0.3 is 0 Å². The molecule has 1 heterocycles. The Labute approximate surface area is 199 Å². The van der Waals surface area contributed by atoms with Gasteiger partial charge in [0.05, 0.1) is 24.7 Å². The molecule has 1 aliphatic heterocycles. The van der Waals surface area contributed by atoms with Crippen molar-refractivity contribution in [1.29, 1.82) is 0 Å². The van der Waals surface area contributed by atoms with Gasteiger partial charge < -0.3 is 19.5 Å². The number of morpholine rings is 1. The van der Waals surface area contributed by atoms with Crippen molar-refractivity contribution in [1.82, 2.24) is 9.62 Å². The predicted molar refractivity (Wildman–Crippen MR) is 129 cm³/mol. The van der Waals surface area contributed by atoms with E-state index in [1.807, 2.05) is 42.5 Å². The fraction of sp³-hybridized carbons (Fsp3) is 0.320. The van der Waals surface area contributed by atoms with E-state index in [9.17, 15) is 13.2 Å². The highest BCUT2D eigenvalue weighted by Gasteiger charge is 2.26. The molecule has 0 bridgehead atoms. The molecule has 3 aromatic carbocycles. The number of benzene rings is 3. The van der Waals surface area contributed by atoms with Gasteiger partial charge in [-0.2, -0.15) is 4.31 Å². The highest BCUT2D eigenvalue weighted by molar-refractivity contribution is 7.89. The lowest BCUT2D eigenvalue weighted by Gasteiger charge is -2.26. The van der Waals surface area contributed by atoms with Crippen molar-refractivity contribution in [3.63, 3.8) is 0 Å². The van der Waals surface area contributed by atoms with Crippen LogP contribution >= 0.6 is 0 Å². The van der Waals surface area contributed by atoms with Gasteiger partial charge in [-0.15, -0.1) is 0 Å². The molecule has 0 aliphatic carbocycles. The standard InChI is InChI=1S/C25H28N2O6S/c1-19(33-24-8-4-6-20-5-2-3-7-23(20)24)25(28)26-13-16-32-21-9-11-22(12-10-21)34(29,30)27-14-17-31-18-15-27/h2-12,19H,13-18H2,1H3,(H,26,28)/t19-/m1/s1. The Kier molecular flexibility index (Phi) is 7.66. The average Bonchev–Trinajstić information content (AvgIpc) is 2.87. The van der Waals surface area contributed by atoms with Crippen molar-refractivity contribution in [3.8, 4) is 11.5 Å². The van der Waals surface area contributed by atoms with Gasteiger partial charge in [-0.05, 0) is 42.6 Å². The molecule has 0 radical (unpaired) electrons. The van der Waals surface area contributed by atoms with E-state index in [0.29, 0.717) is 37.8 Å². The summed E-state index contributed by atoms with van der Waals surface area (Å²) in [7, 11) is -3.54. The van der Waals surface area contributed by atoms with Crippen LogP contribution in [0.3, 0.4) is 0 Å². The second kappa shape index (κ2) is 10.9. The summed E-state index contributed by atoms with van der Waals surface area (Å²) < 4.78 is 43.5. The summed E-state index contributed by atoms with van der Waals surface area (Å²) in [4.78, 5) is 12.6. The number of carbonyl (C=O) groups is 1. The van der Waals surface area contributed by atoms with Crippen LogP contribution in [0.2, 0.25) is 0 Å². The third kappa shape index (κ3) is 5.67. The Morgan fingerprint density at radius 1 is 1.03 bits per heavy atom. The molecule has 0 aromatic heterocycles. The van der Waals surface area contributed by atoms with Crippen molar-refractivity contribution in [2.75, 3.05) is 39.5 Å². The number of sulfonamides is 1. The molecule has 0 saturated carbocycles. The second-order valence-corrected chi connectivity index (χ2v) is 9.80. The lowest BCUT2D eigenvalue weighted by molar-refractivity contribution is -0.127. The molecule has 1 atom stereocenters. The minimum atomic E-state index is -3.54. The first kappa shape index (κ1) is 24.0. The van der Waals surface area contributed by atoms with Crippen LogP contribution in [0, 0.1) is 0 Å². The first-order valence-corrected chi connectivity index (χ1v) is 12.6. The van der Waals surface area contributed by atoms with E-state index >= 15 is 0 Å². The number of rotatable bonds is 9. The third-order valence-electron chi connectivity index (χ3n) is 5.52. The fourth-order valence-corrected chi connectivity index (χ4v) is 5.08. The van der Waals surface area contributed by atoms with Gasteiger partial charge in [-0.1, -0.05) is 36.4 Å². The number of fused-ring (bicyclic) bond motifs is 1. The van der Waals surface area contributed by atoms with E-state index in [4.69, 9.17) is 14.2 Å². The van der Waals surface area contributed by atoms with Gasteiger partial charge in [-0.3, -0.25) is 4.79 Å². The minimum absolute atomic E-state index is 0.217. The van der Waals surface area contributed by atoms with E-state index in [0.717, 1.165) is 10.8 Å². The van der Waals surface area contributed by atoms with E-state index in [1.165, 1.54) is 16.4 Å². The summed E-state index contributed by atoms with van der Waals surface area (Å²) in [5, 5.41) is 4.79. The molecule has 0 unspecified atom stereocenters. The number of nitrogens with zero attached hydrogens (tertiary/aromatic N) is 1. The summed E-state index contributed by atoms with van der Waals surface area (Å²) in [5.74, 6) is 0.933. The van der Waals surface area contributed by atoms with Gasteiger partial charge in [0, 0.05) is 18.5 Å². The quantitative estimate of drug-likeness (QED) is 0.470. The van der Waals surface area contributed by atoms with Crippen molar-refractivity contribution >= 4 is 26.7 Å². The topological polar surface area (TPSA) is 94.2 Å². The molecule has 3 aromatic rings. The highest BCUT2D eigenvalue weighted by Crippen LogP contribution is 2.26. The second-order valence-electron chi connectivity index (χ2n) is 7.86. The van der Waals surface area contributed by atoms with Crippen LogP contribution in [-0.4, -0.2) is 64.2 Å². The van der Waals surface area contributed by atoms with E-state index < -0.39 is 16.1 Å². The van der Waals surface area contributed by atoms with Gasteiger partial charge in [0.25, 0.3) is 5.91 Å². The van der Waals surface area contributed by atoms with Crippen LogP contribution in [0.25, 0.3) is 10.8 Å². The number of amides is 1. The van der Waals surface area contributed by atoms with Crippen molar-refractivity contribution in [2.24, 2.45) is 0 Å². The molecule has 1 saturated heterocycles. The number of ether oxygens (including phenoxy) is 3. The van der Waals surface area contributed by atoms with E-state index in [1.54, 1.807) is 19.1 Å². The number of hydrogen-bond donors (Lipinski definition) is 1. The first-order valence-electron chi connectivity index (χ1n) is 11.2. The maximum absolute atomic E-state index is 12.7. The monoisotopic (exact) mass is 484 g/mol. The minimum Gasteiger partial charge on any atom is -0.492 e. The Morgan fingerprint density at radius 3 is 2.50 bits per heavy atom. The predicted octanol–water partition coefficient (Wildman–Crippen LogP) is 2.82. The lowest BCUT2D eigenvalue weighted by Crippen LogP contribution is -2.40. The molecule has 8 nitrogen and oxygen atoms in total. The molecular weight excluding hydrogens is 456 g/mol. The number of hydrogen-bond acceptors (Lipinski definition) is 6. The molecular formula is C25H28N2O6S. The summed E-state index contributed by atoms with van der Waals surface area (Å²) in [6.07, 6.45) is -0.671. The van der Waals surface area contributed by atoms with Gasteiger partial charge in [0.15, 0.2) is 6.10 Å². The van der Waals surface area contributed by atoms with Crippen molar-refractivity contribution in [2.45, 2.75) is 17.9 Å². The maximum atomic E-state index is 12.7. The largest absolute Gasteiger partial charge is 0.492 e. The number of nitrogens with one attached hydrogen (secondary N) is 1. The molecule has 9 heteroatoms. The molecule has 180 valence electrons. The fourth-order valence-electron chi connectivity index (χ4n) is 3.67. The summed E-state index contributed by atoms with van der Waals surface area (Å²) in [6.45, 7) is 3.73. The molecule has 34 heavy (non-hydrogen) atoms. The van der Waals surface area contributed by atoms with E-state index in [-0.39, 0.29) is 24.0 Å². The van der Waals surface area contributed by atoms with Gasteiger partial charge in [0.2, 0.25) is 10.0 Å². The zero-order valence-electron chi connectivity index (χ0n) is 19.0. The summed E-state index contributed by atoms with van der Waals surface area (Å²) >= 11 is 0. The Bertz CT molecular complexity index is 1220. The maximum Gasteiger partial charge on any atom is 0.260 e. The van der Waals surface area contributed by atoms with Crippen molar-refractivity contribution in [3.05, 3.63) is 66.7 Å². The molecule has 0 spiro atoms. The van der Waals surface area contributed by atoms with Gasteiger partial charge in [0.1, 0.15) is 18.1 Å². The Hall–Kier alpha value is -3.14. The van der Waals surface area contributed by atoms with Crippen LogP contribution < -0.4 is 14.8 Å². The summed E-state index contributed by atoms with van der Waals surface area (Å²) in [5.41, 5.74) is 0. The number of carbonyl (C=O) groups excluding carboxylic acids is 1. The molecule has 1 amide bonds. The zero-order valence-corrected chi connectivity index (χ0v) is 19.8. The van der Waals surface area contributed by atoms with E-state index in [2.05, 4.69) is 5.32 Å². The molecule has 1 fully saturated rings. The van der Waals surface area contributed by atoms with Crippen LogP contribution in [0.1, 0.15) is 6.92 Å². The van der Waals surface area contributed by atoms with Crippen molar-refractivity contribution < 1.29 is 27.4 Å². The SMILES string of the molecule is C[C@@H](Oc1cccc2ccccc12)C(=O)NCCOc1ccc(S(=O)(=O)N2CCOCC2)cc1. The highest BCUT2D eigenvalue weighted by atomic mass is 32.2. The zero-order chi connectivity index (χ0) is 24.0.